The number of carbonyl (C=O) groups is 1. The summed E-state index contributed by atoms with van der Waals surface area (Å²) in [5, 5.41) is 3.74. The van der Waals surface area contributed by atoms with E-state index >= 15 is 0 Å². The minimum Gasteiger partial charge on any atom is -0.493 e. The predicted octanol–water partition coefficient (Wildman–Crippen LogP) is 4.17. The maximum absolute atomic E-state index is 13.6. The first-order valence-electron chi connectivity index (χ1n) is 11.1. The molecular weight excluding hydrogens is 449 g/mol. The van der Waals surface area contributed by atoms with Gasteiger partial charge in [0.1, 0.15) is 23.5 Å². The first-order valence-corrected chi connectivity index (χ1v) is 11.1. The van der Waals surface area contributed by atoms with Gasteiger partial charge in [0.05, 0.1) is 17.6 Å². The third-order valence-corrected chi connectivity index (χ3v) is 5.75. The van der Waals surface area contributed by atoms with Crippen molar-refractivity contribution in [1.82, 2.24) is 24.8 Å². The molecule has 0 aliphatic carbocycles. The summed E-state index contributed by atoms with van der Waals surface area (Å²) < 4.78 is 46.3. The number of hydrogen-bond donors (Lipinski definition) is 2. The number of nitrogens with one attached hydrogen (secondary N) is 2. The first-order chi connectivity index (χ1) is 16.2. The topological polar surface area (TPSA) is 86.4 Å². The molecule has 2 N–H and O–H groups in total. The van der Waals surface area contributed by atoms with Crippen LogP contribution in [0.2, 0.25) is 0 Å². The lowest BCUT2D eigenvalue weighted by molar-refractivity contribution is -0.137. The maximum atomic E-state index is 13.6. The number of aromatic amines is 1. The normalized spacial score (nSPS) is 17.1. The molecule has 0 atom stereocenters. The van der Waals surface area contributed by atoms with Crippen LogP contribution in [0, 0.1) is 0 Å². The number of aromatic nitrogens is 3. The average Bonchev–Trinajstić information content (AvgIpc) is 3.19. The number of amides is 1. The van der Waals surface area contributed by atoms with Crippen molar-refractivity contribution in [2.45, 2.75) is 32.0 Å². The second kappa shape index (κ2) is 9.88. The zero-order valence-electron chi connectivity index (χ0n) is 19.1. The average molecular weight is 477 g/mol. The Labute approximate surface area is 195 Å². The number of carbonyl (C=O) groups excluding carboxylic acids is 1. The zero-order chi connectivity index (χ0) is 24.3. The van der Waals surface area contributed by atoms with E-state index in [1.165, 1.54) is 12.4 Å². The highest BCUT2D eigenvalue weighted by atomic mass is 19.4. The highest BCUT2D eigenvalue weighted by Gasteiger charge is 2.31. The third kappa shape index (κ3) is 5.58. The van der Waals surface area contributed by atoms with Crippen LogP contribution in [0.4, 0.5) is 24.7 Å². The van der Waals surface area contributed by atoms with E-state index in [-0.39, 0.29) is 30.4 Å². The SMILES string of the molecule is CN1CCCN(C)C(=O)CCCOc2cc(cc(C(F)(F)F)c2)Nc2ncnc3[nH]cc(c23)C1. The van der Waals surface area contributed by atoms with E-state index in [4.69, 9.17) is 4.74 Å². The van der Waals surface area contributed by atoms with Crippen LogP contribution in [0.1, 0.15) is 30.4 Å². The summed E-state index contributed by atoms with van der Waals surface area (Å²) >= 11 is 0. The van der Waals surface area contributed by atoms with Crippen LogP contribution in [0.5, 0.6) is 5.75 Å². The molecule has 2 aromatic heterocycles. The second-order valence-corrected chi connectivity index (χ2v) is 8.49. The van der Waals surface area contributed by atoms with Crippen LogP contribution >= 0.6 is 0 Å². The summed E-state index contributed by atoms with van der Waals surface area (Å²) in [5.74, 6) is 0.460. The number of benzene rings is 1. The van der Waals surface area contributed by atoms with Crippen molar-refractivity contribution < 1.29 is 22.7 Å². The number of hydrogen-bond acceptors (Lipinski definition) is 6. The number of H-pyrrole nitrogens is 1. The third-order valence-electron chi connectivity index (χ3n) is 5.75. The molecule has 1 aliphatic heterocycles. The maximum Gasteiger partial charge on any atom is 0.416 e. The molecule has 11 heteroatoms. The molecule has 2 bridgehead atoms. The largest absolute Gasteiger partial charge is 0.493 e. The smallest absolute Gasteiger partial charge is 0.416 e. The molecule has 3 heterocycles. The predicted molar refractivity (Wildman–Crippen MR) is 122 cm³/mol. The number of halogens is 3. The van der Waals surface area contributed by atoms with E-state index in [1.807, 2.05) is 13.2 Å². The molecule has 8 nitrogen and oxygen atoms in total. The van der Waals surface area contributed by atoms with Crippen LogP contribution in [0.25, 0.3) is 11.0 Å². The molecule has 34 heavy (non-hydrogen) atoms. The highest BCUT2D eigenvalue weighted by Crippen LogP contribution is 2.36. The van der Waals surface area contributed by atoms with E-state index in [9.17, 15) is 18.0 Å². The van der Waals surface area contributed by atoms with Crippen molar-refractivity contribution in [1.29, 1.82) is 0 Å². The van der Waals surface area contributed by atoms with E-state index in [0.717, 1.165) is 30.7 Å². The summed E-state index contributed by atoms with van der Waals surface area (Å²) in [7, 11) is 3.74. The Morgan fingerprint density at radius 2 is 1.91 bits per heavy atom. The number of ether oxygens (including phenoxy) is 1. The van der Waals surface area contributed by atoms with Gasteiger partial charge in [-0.15, -0.1) is 0 Å². The molecule has 0 unspecified atom stereocenters. The molecule has 0 saturated carbocycles. The van der Waals surface area contributed by atoms with Crippen molar-refractivity contribution in [3.05, 3.63) is 41.9 Å². The fourth-order valence-electron chi connectivity index (χ4n) is 3.98. The molecule has 0 radical (unpaired) electrons. The Balaban J connectivity index is 1.72. The van der Waals surface area contributed by atoms with Gasteiger partial charge >= 0.3 is 6.18 Å². The highest BCUT2D eigenvalue weighted by molar-refractivity contribution is 5.92. The van der Waals surface area contributed by atoms with Gasteiger partial charge in [0.15, 0.2) is 0 Å². The van der Waals surface area contributed by atoms with Gasteiger partial charge in [-0.1, -0.05) is 0 Å². The molecule has 0 spiro atoms. The number of rotatable bonds is 0. The van der Waals surface area contributed by atoms with E-state index in [2.05, 4.69) is 25.2 Å². The van der Waals surface area contributed by atoms with Crippen LogP contribution < -0.4 is 10.1 Å². The minimum absolute atomic E-state index is 0.0165. The van der Waals surface area contributed by atoms with Crippen LogP contribution in [0.3, 0.4) is 0 Å². The van der Waals surface area contributed by atoms with Crippen molar-refractivity contribution >= 4 is 28.4 Å². The van der Waals surface area contributed by atoms with Crippen molar-refractivity contribution in [3.63, 3.8) is 0 Å². The summed E-state index contributed by atoms with van der Waals surface area (Å²) in [6.45, 7) is 2.09. The Hall–Kier alpha value is -3.34. The summed E-state index contributed by atoms with van der Waals surface area (Å²) in [6, 6.07) is 3.48. The fraction of sp³-hybridized carbons (Fsp3) is 0.435. The Morgan fingerprint density at radius 1 is 1.09 bits per heavy atom. The molecule has 4 rings (SSSR count). The Kier molecular flexibility index (Phi) is 6.92. The summed E-state index contributed by atoms with van der Waals surface area (Å²) in [5.41, 5.74) is 0.859. The van der Waals surface area contributed by atoms with Crippen molar-refractivity contribution in [2.24, 2.45) is 0 Å². The molecule has 0 saturated heterocycles. The van der Waals surface area contributed by atoms with E-state index in [1.54, 1.807) is 11.9 Å². The van der Waals surface area contributed by atoms with Gasteiger partial charge in [0.2, 0.25) is 5.91 Å². The summed E-state index contributed by atoms with van der Waals surface area (Å²) in [6.07, 6.45) is 0.121. The standard InChI is InChI=1S/C23H27F3N6O2/c1-31-6-4-7-32(2)19(33)5-3-8-34-18-10-16(23(24,25)26)9-17(11-18)30-22-20-15(13-31)12-27-21(20)28-14-29-22/h9-12,14H,3-8,13H2,1-2H3,(H2,27,28,29,30). The Morgan fingerprint density at radius 3 is 2.71 bits per heavy atom. The first kappa shape index (κ1) is 23.8. The molecular formula is C23H27F3N6O2. The van der Waals surface area contributed by atoms with E-state index in [0.29, 0.717) is 36.4 Å². The van der Waals surface area contributed by atoms with Gasteiger partial charge in [-0.3, -0.25) is 4.79 Å². The van der Waals surface area contributed by atoms with Crippen LogP contribution in [-0.4, -0.2) is 64.5 Å². The molecule has 0 fully saturated rings. The zero-order valence-corrected chi connectivity index (χ0v) is 19.1. The van der Waals surface area contributed by atoms with Gasteiger partial charge in [0.25, 0.3) is 0 Å². The molecule has 1 aliphatic rings. The lowest BCUT2D eigenvalue weighted by Gasteiger charge is -2.21. The van der Waals surface area contributed by atoms with Gasteiger partial charge in [0, 0.05) is 44.5 Å². The van der Waals surface area contributed by atoms with Crippen LogP contribution in [-0.2, 0) is 17.5 Å². The van der Waals surface area contributed by atoms with Gasteiger partial charge in [-0.2, -0.15) is 13.2 Å². The number of anilines is 2. The lowest BCUT2D eigenvalue weighted by atomic mass is 10.1. The second-order valence-electron chi connectivity index (χ2n) is 8.49. The number of fused-ring (bicyclic) bond motifs is 2. The fourth-order valence-corrected chi connectivity index (χ4v) is 3.98. The van der Waals surface area contributed by atoms with Gasteiger partial charge in [-0.05, 0) is 44.1 Å². The Bertz CT molecular complexity index is 1160. The molecule has 1 aromatic carbocycles. The lowest BCUT2D eigenvalue weighted by Crippen LogP contribution is -2.30. The van der Waals surface area contributed by atoms with Crippen LogP contribution in [0.15, 0.2) is 30.7 Å². The quantitative estimate of drug-likeness (QED) is 0.507. The van der Waals surface area contributed by atoms with E-state index < -0.39 is 11.7 Å². The minimum atomic E-state index is -4.55. The van der Waals surface area contributed by atoms with Crippen molar-refractivity contribution in [3.8, 4) is 5.75 Å². The molecule has 1 amide bonds. The van der Waals surface area contributed by atoms with Gasteiger partial charge < -0.3 is 24.8 Å². The monoisotopic (exact) mass is 476 g/mol. The number of alkyl halides is 3. The van der Waals surface area contributed by atoms with Crippen molar-refractivity contribution in [2.75, 3.05) is 39.1 Å². The van der Waals surface area contributed by atoms with Gasteiger partial charge in [-0.25, -0.2) is 9.97 Å². The number of nitrogens with zero attached hydrogens (tertiary/aromatic N) is 4. The molecule has 182 valence electrons. The molecule has 3 aromatic rings. The summed E-state index contributed by atoms with van der Waals surface area (Å²) in [4.78, 5) is 27.8.